The zero-order chi connectivity index (χ0) is 8.39. The first-order chi connectivity index (χ1) is 5.88. The summed E-state index contributed by atoms with van der Waals surface area (Å²) in [5, 5.41) is 6.86. The Bertz CT molecular complexity index is 363. The van der Waals surface area contributed by atoms with Gasteiger partial charge in [0.1, 0.15) is 0 Å². The summed E-state index contributed by atoms with van der Waals surface area (Å²) in [6.07, 6.45) is 1.81. The number of nitrogens with zero attached hydrogens (tertiary/aromatic N) is 1. The largest absolute Gasteiger partial charge is 0.285 e. The van der Waals surface area contributed by atoms with Gasteiger partial charge in [-0.05, 0) is 18.6 Å². The molecule has 2 aromatic rings. The van der Waals surface area contributed by atoms with E-state index in [1.807, 2.05) is 36.5 Å². The number of aromatic amines is 1. The molecule has 0 unspecified atom stereocenters. The van der Waals surface area contributed by atoms with Gasteiger partial charge in [0.05, 0.1) is 5.69 Å². The van der Waals surface area contributed by atoms with Gasteiger partial charge in [0.15, 0.2) is 0 Å². The van der Waals surface area contributed by atoms with Crippen molar-refractivity contribution >= 4 is 0 Å². The van der Waals surface area contributed by atoms with Crippen LogP contribution >= 0.6 is 0 Å². The second kappa shape index (κ2) is 2.81. The molecule has 2 rings (SSSR count). The average molecular weight is 157 g/mol. The molecule has 0 aliphatic heterocycles. The normalized spacial score (nSPS) is 10.1. The fourth-order valence-electron chi connectivity index (χ4n) is 1.18. The maximum atomic E-state index is 4.08. The van der Waals surface area contributed by atoms with Gasteiger partial charge in [-0.1, -0.05) is 24.3 Å². The number of nitrogens with one attached hydrogen (secondary N) is 1. The van der Waals surface area contributed by atoms with E-state index in [0.29, 0.717) is 0 Å². The summed E-state index contributed by atoms with van der Waals surface area (Å²) in [4.78, 5) is 0. The Labute approximate surface area is 71.3 Å². The topological polar surface area (TPSA) is 28.7 Å². The van der Waals surface area contributed by atoms with Gasteiger partial charge in [-0.2, -0.15) is 5.10 Å². The van der Waals surface area contributed by atoms with Gasteiger partial charge in [-0.3, -0.25) is 5.10 Å². The summed E-state index contributed by atoms with van der Waals surface area (Å²) in [5.74, 6) is 0. The van der Waals surface area contributed by atoms with E-state index in [4.69, 9.17) is 0 Å². The minimum absolute atomic E-state index is 0.945. The van der Waals surface area contributed by atoms with E-state index in [2.05, 4.69) is 17.1 Å². The van der Waals surface area contributed by atoms with Crippen molar-refractivity contribution in [1.29, 1.82) is 0 Å². The van der Waals surface area contributed by atoms with Gasteiger partial charge in [-0.15, -0.1) is 0 Å². The van der Waals surface area contributed by atoms with Gasteiger partial charge >= 0.3 is 0 Å². The first-order valence-corrected chi connectivity index (χ1v) is 3.79. The Morgan fingerprint density at radius 1 is 1.17 bits per heavy atom. The van der Waals surface area contributed by atoms with Gasteiger partial charge in [0.25, 0.3) is 0 Å². The van der Waals surface area contributed by atoms with E-state index in [-0.39, 0.29) is 0 Å². The second-order valence-electron chi connectivity index (χ2n) is 2.62. The molecule has 1 heterocycles. The maximum absolute atomic E-state index is 4.08. The fraction of sp³-hybridized carbons (Fsp3) is 0. The van der Waals surface area contributed by atoms with Crippen molar-refractivity contribution in [3.8, 4) is 11.3 Å². The number of benzene rings is 1. The predicted octanol–water partition coefficient (Wildman–Crippen LogP) is 2.26. The van der Waals surface area contributed by atoms with Crippen LogP contribution in [0.25, 0.3) is 11.3 Å². The Hall–Kier alpha value is -1.57. The molecular weight excluding hydrogens is 148 g/mol. The highest BCUT2D eigenvalue weighted by Gasteiger charge is 2.00. The third kappa shape index (κ3) is 1.11. The molecule has 1 N–H and O–H groups in total. The zero-order valence-electron chi connectivity index (χ0n) is 6.62. The van der Waals surface area contributed by atoms with Gasteiger partial charge in [0, 0.05) is 11.8 Å². The minimum atomic E-state index is 0.945. The summed E-state index contributed by atoms with van der Waals surface area (Å²) in [5.41, 5.74) is 3.03. The summed E-state index contributed by atoms with van der Waals surface area (Å²) >= 11 is 0. The molecule has 0 fully saturated rings. The van der Waals surface area contributed by atoms with Crippen molar-refractivity contribution in [2.45, 2.75) is 0 Å². The zero-order valence-corrected chi connectivity index (χ0v) is 6.62. The summed E-state index contributed by atoms with van der Waals surface area (Å²) in [7, 11) is 0. The summed E-state index contributed by atoms with van der Waals surface area (Å²) in [6.45, 7) is 3.92. The molecule has 0 atom stereocenters. The van der Waals surface area contributed by atoms with Gasteiger partial charge < -0.3 is 0 Å². The van der Waals surface area contributed by atoms with Crippen LogP contribution in [0.4, 0.5) is 0 Å². The number of hydrogen-bond acceptors (Lipinski definition) is 1. The highest BCUT2D eigenvalue weighted by molar-refractivity contribution is 5.63. The van der Waals surface area contributed by atoms with Crippen LogP contribution in [0.15, 0.2) is 36.5 Å². The lowest BCUT2D eigenvalue weighted by Crippen LogP contribution is -1.81. The van der Waals surface area contributed by atoms with Crippen LogP contribution in [0.2, 0.25) is 0 Å². The molecule has 1 radical (unpaired) electrons. The molecule has 0 spiro atoms. The van der Waals surface area contributed by atoms with Crippen molar-refractivity contribution in [1.82, 2.24) is 10.2 Å². The highest BCUT2D eigenvalue weighted by Crippen LogP contribution is 2.19. The first kappa shape index (κ1) is 7.10. The third-order valence-corrected chi connectivity index (χ3v) is 1.79. The van der Waals surface area contributed by atoms with E-state index in [9.17, 15) is 0 Å². The van der Waals surface area contributed by atoms with Crippen LogP contribution < -0.4 is 0 Å². The monoisotopic (exact) mass is 157 g/mol. The van der Waals surface area contributed by atoms with Crippen molar-refractivity contribution in [2.75, 3.05) is 0 Å². The van der Waals surface area contributed by atoms with Crippen LogP contribution in [-0.4, -0.2) is 10.2 Å². The van der Waals surface area contributed by atoms with Crippen molar-refractivity contribution < 1.29 is 0 Å². The van der Waals surface area contributed by atoms with E-state index >= 15 is 0 Å². The number of rotatable bonds is 1. The minimum Gasteiger partial charge on any atom is -0.285 e. The third-order valence-electron chi connectivity index (χ3n) is 1.79. The lowest BCUT2D eigenvalue weighted by atomic mass is 10.1. The smallest absolute Gasteiger partial charge is 0.0923 e. The number of H-pyrrole nitrogens is 1. The van der Waals surface area contributed by atoms with Gasteiger partial charge in [-0.25, -0.2) is 0 Å². The highest BCUT2D eigenvalue weighted by atomic mass is 15.1. The van der Waals surface area contributed by atoms with E-state index < -0.39 is 0 Å². The molecule has 0 aliphatic rings. The molecule has 0 amide bonds. The molecule has 2 nitrogen and oxygen atoms in total. The molecule has 2 heteroatoms. The van der Waals surface area contributed by atoms with Crippen molar-refractivity contribution in [3.63, 3.8) is 0 Å². The van der Waals surface area contributed by atoms with Crippen molar-refractivity contribution in [3.05, 3.63) is 49.0 Å². The molecule has 1 aromatic carbocycles. The predicted molar refractivity (Wildman–Crippen MR) is 48.5 cm³/mol. The lowest BCUT2D eigenvalue weighted by Gasteiger charge is -1.99. The molecule has 0 bridgehead atoms. The van der Waals surface area contributed by atoms with E-state index in [0.717, 1.165) is 16.8 Å². The quantitative estimate of drug-likeness (QED) is 0.675. The standard InChI is InChI=1S/C10H9N2/c1-8-4-2-3-5-9(8)10-6-7-11-12-10/h2-7H,1H2,(H,11,12). The molecular formula is C10H9N2. The van der Waals surface area contributed by atoms with Crippen LogP contribution in [0.5, 0.6) is 0 Å². The molecule has 0 aliphatic carbocycles. The Morgan fingerprint density at radius 2 is 2.00 bits per heavy atom. The Morgan fingerprint density at radius 3 is 2.67 bits per heavy atom. The number of aromatic nitrogens is 2. The fourth-order valence-corrected chi connectivity index (χ4v) is 1.18. The van der Waals surface area contributed by atoms with E-state index in [1.165, 1.54) is 0 Å². The van der Waals surface area contributed by atoms with Crippen LogP contribution in [0.1, 0.15) is 5.56 Å². The van der Waals surface area contributed by atoms with Crippen LogP contribution in [0.3, 0.4) is 0 Å². The molecule has 12 heavy (non-hydrogen) atoms. The first-order valence-electron chi connectivity index (χ1n) is 3.79. The van der Waals surface area contributed by atoms with Crippen molar-refractivity contribution in [2.24, 2.45) is 0 Å². The van der Waals surface area contributed by atoms with Crippen LogP contribution in [-0.2, 0) is 0 Å². The Kier molecular flexibility index (Phi) is 1.67. The SMILES string of the molecule is [CH2]c1ccccc1-c1cc[nH]n1. The molecule has 59 valence electrons. The lowest BCUT2D eigenvalue weighted by molar-refractivity contribution is 1.09. The number of hydrogen-bond donors (Lipinski definition) is 1. The molecule has 1 aromatic heterocycles. The summed E-state index contributed by atoms with van der Waals surface area (Å²) < 4.78 is 0. The second-order valence-corrected chi connectivity index (χ2v) is 2.62. The average Bonchev–Trinajstić information content (AvgIpc) is 2.57. The van der Waals surface area contributed by atoms with Crippen LogP contribution in [0, 0.1) is 6.92 Å². The maximum Gasteiger partial charge on any atom is 0.0923 e. The molecule has 0 saturated carbocycles. The Balaban J connectivity index is 2.55. The van der Waals surface area contributed by atoms with E-state index in [1.54, 1.807) is 0 Å². The summed E-state index contributed by atoms with van der Waals surface area (Å²) in [6, 6.07) is 9.88. The van der Waals surface area contributed by atoms with Gasteiger partial charge in [0.2, 0.25) is 0 Å². The molecule has 0 saturated heterocycles.